The van der Waals surface area contributed by atoms with Crippen molar-refractivity contribution in [2.24, 2.45) is 0 Å². The summed E-state index contributed by atoms with van der Waals surface area (Å²) in [6, 6.07) is 4.76. The highest BCUT2D eigenvalue weighted by atomic mass is 79.9. The Labute approximate surface area is 135 Å². The number of sulfonamides is 1. The SMILES string of the molecule is O=S(=O)(Nc1ccc(Cl)cc1Br)c1cnn(CCCO)c1. The number of benzene rings is 1. The van der Waals surface area contributed by atoms with Crippen LogP contribution in [0.25, 0.3) is 0 Å². The molecule has 0 aliphatic carbocycles. The lowest BCUT2D eigenvalue weighted by Gasteiger charge is -2.08. The highest BCUT2D eigenvalue weighted by Crippen LogP contribution is 2.27. The van der Waals surface area contributed by atoms with Gasteiger partial charge in [-0.1, -0.05) is 11.6 Å². The third-order valence-electron chi connectivity index (χ3n) is 2.64. The summed E-state index contributed by atoms with van der Waals surface area (Å²) in [7, 11) is -3.72. The van der Waals surface area contributed by atoms with Crippen LogP contribution in [0.1, 0.15) is 6.42 Å². The molecule has 1 heterocycles. The quantitative estimate of drug-likeness (QED) is 0.788. The van der Waals surface area contributed by atoms with Gasteiger partial charge in [0.15, 0.2) is 0 Å². The summed E-state index contributed by atoms with van der Waals surface area (Å²) < 4.78 is 29.0. The molecule has 0 fully saturated rings. The van der Waals surface area contributed by atoms with Crippen molar-refractivity contribution in [3.63, 3.8) is 0 Å². The molecule has 1 aromatic carbocycles. The Kier molecular flexibility index (Phi) is 5.26. The van der Waals surface area contributed by atoms with Crippen LogP contribution in [0.4, 0.5) is 5.69 Å². The number of aliphatic hydroxyl groups excluding tert-OH is 1. The van der Waals surface area contributed by atoms with Gasteiger partial charge in [0, 0.05) is 28.8 Å². The Morgan fingerprint density at radius 2 is 2.19 bits per heavy atom. The summed E-state index contributed by atoms with van der Waals surface area (Å²) in [6.45, 7) is 0.481. The van der Waals surface area contributed by atoms with Gasteiger partial charge in [-0.3, -0.25) is 9.40 Å². The van der Waals surface area contributed by atoms with E-state index in [0.29, 0.717) is 28.1 Å². The Morgan fingerprint density at radius 1 is 1.43 bits per heavy atom. The molecule has 0 radical (unpaired) electrons. The molecule has 2 N–H and O–H groups in total. The minimum Gasteiger partial charge on any atom is -0.396 e. The zero-order chi connectivity index (χ0) is 15.5. The van der Waals surface area contributed by atoms with Crippen molar-refractivity contribution in [2.75, 3.05) is 11.3 Å². The summed E-state index contributed by atoms with van der Waals surface area (Å²) in [5.41, 5.74) is 0.391. The van der Waals surface area contributed by atoms with Crippen LogP contribution in [0.3, 0.4) is 0 Å². The van der Waals surface area contributed by atoms with Crippen LogP contribution in [0, 0.1) is 0 Å². The lowest BCUT2D eigenvalue weighted by atomic mass is 10.3. The van der Waals surface area contributed by atoms with Gasteiger partial charge >= 0.3 is 0 Å². The number of hydrogen-bond acceptors (Lipinski definition) is 4. The fourth-order valence-corrected chi connectivity index (χ4v) is 3.56. The number of anilines is 1. The largest absolute Gasteiger partial charge is 0.396 e. The first-order valence-electron chi connectivity index (χ1n) is 6.03. The highest BCUT2D eigenvalue weighted by molar-refractivity contribution is 9.10. The molecule has 6 nitrogen and oxygen atoms in total. The van der Waals surface area contributed by atoms with Crippen molar-refractivity contribution in [2.45, 2.75) is 17.9 Å². The molecule has 0 saturated heterocycles. The molecule has 0 saturated carbocycles. The number of aryl methyl sites for hydroxylation is 1. The molecule has 9 heteroatoms. The zero-order valence-electron chi connectivity index (χ0n) is 10.8. The molecule has 0 aliphatic rings. The van der Waals surface area contributed by atoms with Gasteiger partial charge in [-0.25, -0.2) is 8.42 Å². The zero-order valence-corrected chi connectivity index (χ0v) is 14.0. The summed E-state index contributed by atoms with van der Waals surface area (Å²) in [5.74, 6) is 0. The van der Waals surface area contributed by atoms with Crippen LogP contribution in [-0.2, 0) is 16.6 Å². The minimum absolute atomic E-state index is 0.0257. The van der Waals surface area contributed by atoms with Crippen LogP contribution in [0.2, 0.25) is 5.02 Å². The van der Waals surface area contributed by atoms with E-state index in [4.69, 9.17) is 16.7 Å². The van der Waals surface area contributed by atoms with Crippen LogP contribution in [-0.4, -0.2) is 29.9 Å². The van der Waals surface area contributed by atoms with Crippen molar-refractivity contribution in [1.82, 2.24) is 9.78 Å². The number of aromatic nitrogens is 2. The highest BCUT2D eigenvalue weighted by Gasteiger charge is 2.18. The van der Waals surface area contributed by atoms with E-state index < -0.39 is 10.0 Å². The molecular weight excluding hydrogens is 382 g/mol. The summed E-state index contributed by atoms with van der Waals surface area (Å²) in [6.07, 6.45) is 3.20. The normalized spacial score (nSPS) is 11.6. The van der Waals surface area contributed by atoms with E-state index in [1.54, 1.807) is 18.2 Å². The van der Waals surface area contributed by atoms with Gasteiger partial charge in [-0.2, -0.15) is 5.10 Å². The summed E-state index contributed by atoms with van der Waals surface area (Å²) in [5, 5.41) is 13.2. The molecule has 0 atom stereocenters. The summed E-state index contributed by atoms with van der Waals surface area (Å²) >= 11 is 9.07. The Hall–Kier alpha value is -1.09. The molecule has 0 unspecified atom stereocenters. The predicted octanol–water partition coefficient (Wildman–Crippen LogP) is 2.48. The average molecular weight is 395 g/mol. The minimum atomic E-state index is -3.72. The lowest BCUT2D eigenvalue weighted by Crippen LogP contribution is -2.12. The first-order chi connectivity index (χ1) is 9.92. The van der Waals surface area contributed by atoms with E-state index in [1.165, 1.54) is 17.1 Å². The van der Waals surface area contributed by atoms with E-state index in [2.05, 4.69) is 25.8 Å². The van der Waals surface area contributed by atoms with Gasteiger partial charge in [0.25, 0.3) is 10.0 Å². The van der Waals surface area contributed by atoms with Crippen LogP contribution >= 0.6 is 27.5 Å². The van der Waals surface area contributed by atoms with Gasteiger partial charge in [0.05, 0.1) is 11.9 Å². The molecule has 0 spiro atoms. The van der Waals surface area contributed by atoms with Crippen LogP contribution in [0.15, 0.2) is 40.0 Å². The molecular formula is C12H13BrClN3O3S. The third-order valence-corrected chi connectivity index (χ3v) is 4.85. The van der Waals surface area contributed by atoms with Crippen LogP contribution in [0.5, 0.6) is 0 Å². The molecule has 0 amide bonds. The van der Waals surface area contributed by atoms with Crippen LogP contribution < -0.4 is 4.72 Å². The number of rotatable bonds is 6. The average Bonchev–Trinajstić information content (AvgIpc) is 2.89. The molecule has 1 aromatic heterocycles. The number of hydrogen-bond donors (Lipinski definition) is 2. The first-order valence-corrected chi connectivity index (χ1v) is 8.69. The second-order valence-corrected chi connectivity index (χ2v) is 7.22. The van der Waals surface area contributed by atoms with Gasteiger partial charge in [0.1, 0.15) is 4.90 Å². The fourth-order valence-electron chi connectivity index (χ4n) is 1.61. The number of aliphatic hydroxyl groups is 1. The Morgan fingerprint density at radius 3 is 2.86 bits per heavy atom. The molecule has 21 heavy (non-hydrogen) atoms. The van der Waals surface area contributed by atoms with Gasteiger partial charge in [-0.15, -0.1) is 0 Å². The van der Waals surface area contributed by atoms with Gasteiger partial charge in [-0.05, 0) is 40.5 Å². The Bertz CT molecular complexity index is 733. The number of halogens is 2. The smallest absolute Gasteiger partial charge is 0.265 e. The van der Waals surface area contributed by atoms with Crippen molar-refractivity contribution < 1.29 is 13.5 Å². The van der Waals surface area contributed by atoms with Crippen molar-refractivity contribution in [3.8, 4) is 0 Å². The van der Waals surface area contributed by atoms with E-state index in [9.17, 15) is 8.42 Å². The van der Waals surface area contributed by atoms with Gasteiger partial charge in [0.2, 0.25) is 0 Å². The van der Waals surface area contributed by atoms with Crippen molar-refractivity contribution in [3.05, 3.63) is 40.1 Å². The monoisotopic (exact) mass is 393 g/mol. The molecule has 2 aromatic rings. The molecule has 0 aliphatic heterocycles. The topological polar surface area (TPSA) is 84.2 Å². The summed E-state index contributed by atoms with van der Waals surface area (Å²) in [4.78, 5) is 0.0577. The molecule has 0 bridgehead atoms. The molecule has 114 valence electrons. The Balaban J connectivity index is 2.19. The number of nitrogens with zero attached hydrogens (tertiary/aromatic N) is 2. The van der Waals surface area contributed by atoms with E-state index in [1.807, 2.05) is 0 Å². The molecule has 2 rings (SSSR count). The first kappa shape index (κ1) is 16.3. The third kappa shape index (κ3) is 4.19. The second kappa shape index (κ2) is 6.78. The predicted molar refractivity (Wildman–Crippen MR) is 83.9 cm³/mol. The standard InChI is InChI=1S/C12H13BrClN3O3S/c13-11-6-9(14)2-3-12(11)16-21(19,20)10-7-15-17(8-10)4-1-5-18/h2-3,6-8,16,18H,1,4-5H2. The maximum atomic E-state index is 12.3. The van der Waals surface area contributed by atoms with E-state index in [-0.39, 0.29) is 11.5 Å². The lowest BCUT2D eigenvalue weighted by molar-refractivity contribution is 0.277. The van der Waals surface area contributed by atoms with E-state index in [0.717, 1.165) is 0 Å². The van der Waals surface area contributed by atoms with Crippen molar-refractivity contribution >= 4 is 43.2 Å². The maximum absolute atomic E-state index is 12.3. The fraction of sp³-hybridized carbons (Fsp3) is 0.250. The van der Waals surface area contributed by atoms with E-state index >= 15 is 0 Å². The number of nitrogens with one attached hydrogen (secondary N) is 1. The maximum Gasteiger partial charge on any atom is 0.265 e. The van der Waals surface area contributed by atoms with Gasteiger partial charge < -0.3 is 5.11 Å². The van der Waals surface area contributed by atoms with Crippen molar-refractivity contribution in [1.29, 1.82) is 0 Å². The second-order valence-electron chi connectivity index (χ2n) is 4.25.